The molecule has 1 unspecified atom stereocenters. The van der Waals surface area contributed by atoms with E-state index in [1.54, 1.807) is 4.90 Å². The van der Waals surface area contributed by atoms with Crippen LogP contribution in [0.15, 0.2) is 47.0 Å². The van der Waals surface area contributed by atoms with Gasteiger partial charge in [-0.2, -0.15) is 4.98 Å². The molecule has 7 nitrogen and oxygen atoms in total. The zero-order valence-corrected chi connectivity index (χ0v) is 15.6. The Morgan fingerprint density at radius 1 is 1.14 bits per heavy atom. The summed E-state index contributed by atoms with van der Waals surface area (Å²) in [5.41, 5.74) is 1.75. The largest absolute Gasteiger partial charge is 0.454 e. The fourth-order valence-corrected chi connectivity index (χ4v) is 3.71. The van der Waals surface area contributed by atoms with E-state index in [4.69, 9.17) is 25.6 Å². The van der Waals surface area contributed by atoms with Crippen molar-refractivity contribution in [2.24, 2.45) is 0 Å². The minimum absolute atomic E-state index is 0.0689. The van der Waals surface area contributed by atoms with Crippen LogP contribution in [0.2, 0.25) is 5.02 Å². The number of carbonyl (C=O) groups is 1. The van der Waals surface area contributed by atoms with Gasteiger partial charge in [0.15, 0.2) is 17.3 Å². The van der Waals surface area contributed by atoms with Gasteiger partial charge in [0.2, 0.25) is 12.7 Å². The summed E-state index contributed by atoms with van der Waals surface area (Å²) in [5, 5.41) is 4.76. The molecule has 0 saturated carbocycles. The minimum Gasteiger partial charge on any atom is -0.454 e. The topological polar surface area (TPSA) is 77.7 Å². The normalized spacial score (nSPS) is 18.1. The predicted octanol–water partition coefficient (Wildman–Crippen LogP) is 3.63. The smallest absolute Gasteiger partial charge is 0.258 e. The van der Waals surface area contributed by atoms with Crippen molar-refractivity contribution < 1.29 is 18.8 Å². The number of rotatable bonds is 4. The summed E-state index contributed by atoms with van der Waals surface area (Å²) >= 11 is 6.03. The molecule has 1 amide bonds. The molecule has 1 fully saturated rings. The molecule has 8 heteroatoms. The maximum absolute atomic E-state index is 12.4. The Labute approximate surface area is 165 Å². The third-order valence-electron chi connectivity index (χ3n) is 4.90. The Morgan fingerprint density at radius 2 is 2.04 bits per heavy atom. The second kappa shape index (κ2) is 6.83. The van der Waals surface area contributed by atoms with E-state index in [1.165, 1.54) is 0 Å². The van der Waals surface area contributed by atoms with E-state index in [0.29, 0.717) is 47.7 Å². The maximum Gasteiger partial charge on any atom is 0.258 e. The number of nitrogens with zero attached hydrogens (tertiary/aromatic N) is 3. The van der Waals surface area contributed by atoms with Gasteiger partial charge in [-0.1, -0.05) is 28.9 Å². The fourth-order valence-electron chi connectivity index (χ4n) is 3.50. The third-order valence-corrected chi connectivity index (χ3v) is 5.14. The number of aromatic nitrogens is 2. The van der Waals surface area contributed by atoms with Crippen molar-refractivity contribution in [3.05, 3.63) is 58.9 Å². The lowest BCUT2D eigenvalue weighted by Gasteiger charge is -2.16. The van der Waals surface area contributed by atoms with Gasteiger partial charge in [0.1, 0.15) is 0 Å². The first-order valence-corrected chi connectivity index (χ1v) is 9.29. The summed E-state index contributed by atoms with van der Waals surface area (Å²) in [6.07, 6.45) is 0.362. The predicted molar refractivity (Wildman–Crippen MR) is 100 cm³/mol. The number of benzene rings is 2. The summed E-state index contributed by atoms with van der Waals surface area (Å²) in [4.78, 5) is 18.7. The second-order valence-electron chi connectivity index (χ2n) is 6.83. The van der Waals surface area contributed by atoms with Gasteiger partial charge in [-0.25, -0.2) is 0 Å². The number of fused-ring (bicyclic) bond motifs is 1. The quantitative estimate of drug-likeness (QED) is 0.669. The highest BCUT2D eigenvalue weighted by molar-refractivity contribution is 6.30. The zero-order chi connectivity index (χ0) is 19.1. The van der Waals surface area contributed by atoms with Crippen LogP contribution < -0.4 is 9.47 Å². The summed E-state index contributed by atoms with van der Waals surface area (Å²) in [5.74, 6) is 2.25. The molecule has 3 aromatic rings. The van der Waals surface area contributed by atoms with Crippen molar-refractivity contribution in [2.75, 3.05) is 13.3 Å². The minimum atomic E-state index is -0.0989. The van der Waals surface area contributed by atoms with Crippen LogP contribution in [-0.2, 0) is 11.3 Å². The molecule has 0 bridgehead atoms. The van der Waals surface area contributed by atoms with Crippen molar-refractivity contribution >= 4 is 17.5 Å². The van der Waals surface area contributed by atoms with E-state index in [9.17, 15) is 4.79 Å². The summed E-state index contributed by atoms with van der Waals surface area (Å²) in [6.45, 7) is 1.27. The van der Waals surface area contributed by atoms with Crippen LogP contribution in [0.5, 0.6) is 11.5 Å². The molecular weight excluding hydrogens is 382 g/mol. The van der Waals surface area contributed by atoms with Crippen LogP contribution in [0, 0.1) is 0 Å². The van der Waals surface area contributed by atoms with Crippen LogP contribution in [0.3, 0.4) is 0 Å². The molecule has 0 radical (unpaired) electrons. The molecule has 142 valence electrons. The molecule has 0 spiro atoms. The van der Waals surface area contributed by atoms with Crippen LogP contribution in [-0.4, -0.2) is 34.3 Å². The number of hydrogen-bond acceptors (Lipinski definition) is 6. The molecule has 0 aliphatic carbocycles. The van der Waals surface area contributed by atoms with Crippen molar-refractivity contribution in [3.63, 3.8) is 0 Å². The fraction of sp³-hybridized carbons (Fsp3) is 0.250. The Balaban J connectivity index is 1.31. The van der Waals surface area contributed by atoms with Gasteiger partial charge in [-0.3, -0.25) is 4.79 Å². The highest BCUT2D eigenvalue weighted by Gasteiger charge is 2.34. The highest BCUT2D eigenvalue weighted by Crippen LogP contribution is 2.36. The standard InChI is InChI=1S/C20H16ClN3O4/c21-15-3-1-2-12(6-15)9-24-10-14(8-18(24)25)19-22-20(28-23-19)13-4-5-16-17(7-13)27-11-26-16/h1-7,14H,8-11H2. The first-order chi connectivity index (χ1) is 13.7. The molecule has 2 aliphatic rings. The maximum atomic E-state index is 12.4. The van der Waals surface area contributed by atoms with Crippen molar-refractivity contribution in [1.29, 1.82) is 0 Å². The second-order valence-corrected chi connectivity index (χ2v) is 7.27. The number of halogens is 1. The van der Waals surface area contributed by atoms with Crippen LogP contribution in [0.25, 0.3) is 11.5 Å². The van der Waals surface area contributed by atoms with Crippen molar-refractivity contribution in [3.8, 4) is 23.0 Å². The van der Waals surface area contributed by atoms with E-state index in [1.807, 2.05) is 42.5 Å². The van der Waals surface area contributed by atoms with Gasteiger partial charge < -0.3 is 18.9 Å². The molecule has 1 aromatic heterocycles. The van der Waals surface area contributed by atoms with E-state index < -0.39 is 0 Å². The Kier molecular flexibility index (Phi) is 4.16. The first kappa shape index (κ1) is 17.1. The molecule has 28 heavy (non-hydrogen) atoms. The molecule has 1 saturated heterocycles. The SMILES string of the molecule is O=C1CC(c2noc(-c3ccc4c(c3)OCO4)n2)CN1Cc1cccc(Cl)c1. The monoisotopic (exact) mass is 397 g/mol. The van der Waals surface area contributed by atoms with E-state index in [-0.39, 0.29) is 18.6 Å². The summed E-state index contributed by atoms with van der Waals surface area (Å²) in [7, 11) is 0. The molecule has 0 N–H and O–H groups in total. The molecule has 3 heterocycles. The van der Waals surface area contributed by atoms with Crippen molar-refractivity contribution in [1.82, 2.24) is 15.0 Å². The Bertz CT molecular complexity index is 1050. The van der Waals surface area contributed by atoms with E-state index in [2.05, 4.69) is 10.1 Å². The molecule has 1 atom stereocenters. The number of ether oxygens (including phenoxy) is 2. The first-order valence-electron chi connectivity index (χ1n) is 8.91. The lowest BCUT2D eigenvalue weighted by atomic mass is 10.1. The van der Waals surface area contributed by atoms with E-state index >= 15 is 0 Å². The van der Waals surface area contributed by atoms with Gasteiger partial charge in [-0.05, 0) is 35.9 Å². The average Bonchev–Trinajstić information content (AvgIpc) is 3.41. The Morgan fingerprint density at radius 3 is 2.93 bits per heavy atom. The van der Waals surface area contributed by atoms with Gasteiger partial charge in [0.05, 0.1) is 0 Å². The zero-order valence-electron chi connectivity index (χ0n) is 14.8. The van der Waals surface area contributed by atoms with Crippen LogP contribution >= 0.6 is 11.6 Å². The number of hydrogen-bond donors (Lipinski definition) is 0. The van der Waals surface area contributed by atoms with Gasteiger partial charge in [-0.15, -0.1) is 0 Å². The average molecular weight is 398 g/mol. The molecule has 2 aromatic carbocycles. The number of likely N-dealkylation sites (tertiary alicyclic amines) is 1. The van der Waals surface area contributed by atoms with Gasteiger partial charge in [0.25, 0.3) is 5.89 Å². The summed E-state index contributed by atoms with van der Waals surface area (Å²) in [6, 6.07) is 13.0. The lowest BCUT2D eigenvalue weighted by molar-refractivity contribution is -0.128. The van der Waals surface area contributed by atoms with Crippen LogP contribution in [0.4, 0.5) is 0 Å². The van der Waals surface area contributed by atoms with Crippen LogP contribution in [0.1, 0.15) is 23.7 Å². The number of carbonyl (C=O) groups excluding carboxylic acids is 1. The summed E-state index contributed by atoms with van der Waals surface area (Å²) < 4.78 is 16.1. The molecular formula is C20H16ClN3O4. The van der Waals surface area contributed by atoms with Gasteiger partial charge >= 0.3 is 0 Å². The van der Waals surface area contributed by atoms with E-state index in [0.717, 1.165) is 11.1 Å². The molecule has 5 rings (SSSR count). The third kappa shape index (κ3) is 3.18. The molecule has 2 aliphatic heterocycles. The van der Waals surface area contributed by atoms with Gasteiger partial charge in [0, 0.05) is 36.0 Å². The van der Waals surface area contributed by atoms with Crippen molar-refractivity contribution in [2.45, 2.75) is 18.9 Å². The highest BCUT2D eigenvalue weighted by atomic mass is 35.5. The lowest BCUT2D eigenvalue weighted by Crippen LogP contribution is -2.24. The Hall–Kier alpha value is -3.06. The number of amides is 1.